The van der Waals surface area contributed by atoms with Crippen molar-refractivity contribution in [2.45, 2.75) is 69.9 Å². The van der Waals surface area contributed by atoms with Crippen LogP contribution in [0.15, 0.2) is 12.2 Å². The number of esters is 2. The third kappa shape index (κ3) is 3.49. The van der Waals surface area contributed by atoms with Gasteiger partial charge in [0.25, 0.3) is 0 Å². The maximum Gasteiger partial charge on any atom is 0.313 e. The van der Waals surface area contributed by atoms with E-state index in [9.17, 15) is 9.59 Å². The molecule has 4 atom stereocenters. The minimum atomic E-state index is -2.15. The minimum Gasteiger partial charge on any atom is -0.469 e. The number of hydrogen-bond donors (Lipinski definition) is 0. The summed E-state index contributed by atoms with van der Waals surface area (Å²) in [4.78, 5) is 24.9. The Kier molecular flexibility index (Phi) is 6.59. The summed E-state index contributed by atoms with van der Waals surface area (Å²) >= 11 is 0. The molecule has 1 fully saturated rings. The van der Waals surface area contributed by atoms with Crippen LogP contribution in [-0.4, -0.2) is 52.8 Å². The molecule has 0 aromatic rings. The molecule has 0 N–H and O–H groups in total. The van der Waals surface area contributed by atoms with Crippen molar-refractivity contribution in [2.75, 3.05) is 20.8 Å². The molecule has 2 rings (SSSR count). The van der Waals surface area contributed by atoms with Gasteiger partial charge in [0.05, 0.1) is 26.9 Å². The second kappa shape index (κ2) is 8.05. The molecule has 2 aliphatic heterocycles. The summed E-state index contributed by atoms with van der Waals surface area (Å²) < 4.78 is 22.8. The van der Waals surface area contributed by atoms with Crippen LogP contribution in [0.4, 0.5) is 0 Å². The molecule has 0 saturated carbocycles. The molecule has 154 valence electrons. The van der Waals surface area contributed by atoms with Crippen LogP contribution in [0.3, 0.4) is 0 Å². The monoisotopic (exact) mass is 398 g/mol. The second-order valence-electron chi connectivity index (χ2n) is 8.55. The molecule has 0 radical (unpaired) electrons. The number of carbonyl (C=O) groups excluding carboxylic acids is 2. The van der Waals surface area contributed by atoms with Crippen molar-refractivity contribution in [3.8, 4) is 0 Å². The third-order valence-corrected chi connectivity index (χ3v) is 12.4. The first-order chi connectivity index (χ1) is 12.6. The van der Waals surface area contributed by atoms with Crippen LogP contribution in [0, 0.1) is 11.8 Å². The van der Waals surface area contributed by atoms with Gasteiger partial charge in [0.15, 0.2) is 8.32 Å². The minimum absolute atomic E-state index is 0.244. The van der Waals surface area contributed by atoms with Crippen LogP contribution in [0.25, 0.3) is 0 Å². The van der Waals surface area contributed by atoms with Crippen LogP contribution in [0.2, 0.25) is 16.6 Å². The van der Waals surface area contributed by atoms with Gasteiger partial charge in [-0.05, 0) is 16.6 Å². The largest absolute Gasteiger partial charge is 0.469 e. The Morgan fingerprint density at radius 3 is 1.96 bits per heavy atom. The van der Waals surface area contributed by atoms with Gasteiger partial charge in [0.1, 0.15) is 17.4 Å². The maximum atomic E-state index is 12.6. The van der Waals surface area contributed by atoms with E-state index in [1.165, 1.54) is 14.2 Å². The highest BCUT2D eigenvalue weighted by molar-refractivity contribution is 6.77. The first-order valence-electron chi connectivity index (χ1n) is 9.74. The smallest absolute Gasteiger partial charge is 0.313 e. The van der Waals surface area contributed by atoms with E-state index in [1.54, 1.807) is 0 Å². The van der Waals surface area contributed by atoms with E-state index in [-0.39, 0.29) is 6.61 Å². The van der Waals surface area contributed by atoms with E-state index in [2.05, 4.69) is 41.5 Å². The second-order valence-corrected chi connectivity index (χ2v) is 14.0. The van der Waals surface area contributed by atoms with Crippen LogP contribution in [0.1, 0.15) is 41.5 Å². The average Bonchev–Trinajstić information content (AvgIpc) is 3.16. The fourth-order valence-electron chi connectivity index (χ4n) is 5.24. The molecular formula is C20H34O6Si. The Labute approximate surface area is 163 Å². The Morgan fingerprint density at radius 1 is 1.00 bits per heavy atom. The SMILES string of the molecule is COC(=O)[C@H]1[C@@H](C(=O)OC)[C@]2(CO[Si](C(C)C)(C(C)C)C(C)C)C=C[C@H]1O2. The summed E-state index contributed by atoms with van der Waals surface area (Å²) in [5.41, 5.74) is 0.242. The molecule has 2 bridgehead atoms. The number of methoxy groups -OCH3 is 2. The highest BCUT2D eigenvalue weighted by Gasteiger charge is 2.64. The van der Waals surface area contributed by atoms with Crippen molar-refractivity contribution in [3.63, 3.8) is 0 Å². The predicted octanol–water partition coefficient (Wildman–Crippen LogP) is 3.46. The Hall–Kier alpha value is -1.18. The van der Waals surface area contributed by atoms with Gasteiger partial charge in [0, 0.05) is 0 Å². The van der Waals surface area contributed by atoms with Crippen molar-refractivity contribution in [3.05, 3.63) is 12.2 Å². The summed E-state index contributed by atoms with van der Waals surface area (Å²) in [6.45, 7) is 13.5. The highest BCUT2D eigenvalue weighted by Crippen LogP contribution is 2.50. The van der Waals surface area contributed by atoms with Gasteiger partial charge in [-0.15, -0.1) is 0 Å². The Balaban J connectivity index is 2.37. The molecular weight excluding hydrogens is 364 g/mol. The normalized spacial score (nSPS) is 29.8. The summed E-state index contributed by atoms with van der Waals surface area (Å²) in [7, 11) is 0.499. The van der Waals surface area contributed by atoms with E-state index in [4.69, 9.17) is 18.6 Å². The molecule has 0 aromatic carbocycles. The van der Waals surface area contributed by atoms with Gasteiger partial charge in [-0.3, -0.25) is 9.59 Å². The van der Waals surface area contributed by atoms with Crippen molar-refractivity contribution >= 4 is 20.3 Å². The lowest BCUT2D eigenvalue weighted by Crippen LogP contribution is -2.53. The first kappa shape index (κ1) is 22.1. The number of ether oxygens (including phenoxy) is 3. The van der Waals surface area contributed by atoms with Crippen molar-refractivity contribution < 1.29 is 28.2 Å². The maximum absolute atomic E-state index is 12.6. The van der Waals surface area contributed by atoms with Crippen molar-refractivity contribution in [1.82, 2.24) is 0 Å². The van der Waals surface area contributed by atoms with E-state index in [1.807, 2.05) is 12.2 Å². The third-order valence-electron chi connectivity index (χ3n) is 6.35. The van der Waals surface area contributed by atoms with Gasteiger partial charge in [-0.25, -0.2) is 0 Å². The molecule has 0 aromatic heterocycles. The molecule has 0 unspecified atom stereocenters. The fraction of sp³-hybridized carbons (Fsp3) is 0.800. The van der Waals surface area contributed by atoms with E-state index in [0.29, 0.717) is 16.6 Å². The molecule has 0 amide bonds. The first-order valence-corrected chi connectivity index (χ1v) is 11.9. The quantitative estimate of drug-likeness (QED) is 0.354. The van der Waals surface area contributed by atoms with E-state index in [0.717, 1.165) is 0 Å². The van der Waals surface area contributed by atoms with Gasteiger partial charge < -0.3 is 18.6 Å². The lowest BCUT2D eigenvalue weighted by Gasteiger charge is -2.44. The number of hydrogen-bond acceptors (Lipinski definition) is 6. The van der Waals surface area contributed by atoms with E-state index >= 15 is 0 Å². The van der Waals surface area contributed by atoms with Crippen molar-refractivity contribution in [2.24, 2.45) is 11.8 Å². The van der Waals surface area contributed by atoms with Gasteiger partial charge in [-0.1, -0.05) is 53.7 Å². The van der Waals surface area contributed by atoms with Crippen molar-refractivity contribution in [1.29, 1.82) is 0 Å². The summed E-state index contributed by atoms with van der Waals surface area (Å²) in [6, 6.07) is 0. The molecule has 0 spiro atoms. The highest BCUT2D eigenvalue weighted by atomic mass is 28.4. The summed E-state index contributed by atoms with van der Waals surface area (Å²) in [6.07, 6.45) is 3.23. The number of carbonyl (C=O) groups is 2. The molecule has 1 saturated heterocycles. The molecule has 27 heavy (non-hydrogen) atoms. The van der Waals surface area contributed by atoms with Crippen LogP contribution in [-0.2, 0) is 28.2 Å². The van der Waals surface area contributed by atoms with Crippen LogP contribution >= 0.6 is 0 Å². The van der Waals surface area contributed by atoms with Gasteiger partial charge in [0.2, 0.25) is 0 Å². The summed E-state index contributed by atoms with van der Waals surface area (Å²) in [5, 5.41) is 0. The van der Waals surface area contributed by atoms with Crippen LogP contribution < -0.4 is 0 Å². The number of rotatable bonds is 8. The zero-order valence-electron chi connectivity index (χ0n) is 17.8. The summed E-state index contributed by atoms with van der Waals surface area (Å²) in [5.74, 6) is -2.39. The fourth-order valence-corrected chi connectivity index (χ4v) is 10.7. The average molecular weight is 399 g/mol. The number of fused-ring (bicyclic) bond motifs is 2. The predicted molar refractivity (Wildman–Crippen MR) is 105 cm³/mol. The molecule has 2 heterocycles. The molecule has 0 aliphatic carbocycles. The van der Waals surface area contributed by atoms with Gasteiger partial charge >= 0.3 is 11.9 Å². The molecule has 6 nitrogen and oxygen atoms in total. The zero-order valence-corrected chi connectivity index (χ0v) is 18.8. The topological polar surface area (TPSA) is 71.1 Å². The lowest BCUT2D eigenvalue weighted by molar-refractivity contribution is -0.158. The van der Waals surface area contributed by atoms with Crippen LogP contribution in [0.5, 0.6) is 0 Å². The lowest BCUT2D eigenvalue weighted by atomic mass is 9.75. The molecule has 2 aliphatic rings. The zero-order chi connectivity index (χ0) is 20.6. The Morgan fingerprint density at radius 2 is 1.52 bits per heavy atom. The molecule has 7 heteroatoms. The van der Waals surface area contributed by atoms with Gasteiger partial charge in [-0.2, -0.15) is 0 Å². The van der Waals surface area contributed by atoms with E-state index < -0.39 is 43.8 Å². The Bertz CT molecular complexity index is 578. The standard InChI is InChI=1S/C20H34O6Si/c1-12(2)27(13(3)4,14(5)6)25-11-20-10-9-15(26-20)16(18(21)23-7)17(20)19(22)24-8/h9-10,12-17H,11H2,1-8H3/t15-,16-,17+,20-/m1/s1.